The predicted molar refractivity (Wildman–Crippen MR) is 106 cm³/mol. The van der Waals surface area contributed by atoms with Crippen LogP contribution in [0.5, 0.6) is 5.75 Å². The monoisotopic (exact) mass is 367 g/mol. The van der Waals surface area contributed by atoms with E-state index in [2.05, 4.69) is 39.1 Å². The first-order chi connectivity index (χ1) is 13.2. The zero-order valence-electron chi connectivity index (χ0n) is 16.1. The van der Waals surface area contributed by atoms with Gasteiger partial charge in [-0.3, -0.25) is 9.69 Å². The van der Waals surface area contributed by atoms with Crippen LogP contribution in [0.1, 0.15) is 61.5 Å². The largest absolute Gasteiger partial charge is 0.490 e. The molecule has 1 aliphatic heterocycles. The van der Waals surface area contributed by atoms with Gasteiger partial charge in [0.2, 0.25) is 0 Å². The van der Waals surface area contributed by atoms with Gasteiger partial charge in [-0.25, -0.2) is 4.98 Å². The van der Waals surface area contributed by atoms with Gasteiger partial charge in [-0.2, -0.15) is 0 Å². The predicted octanol–water partition coefficient (Wildman–Crippen LogP) is 3.78. The number of aryl methyl sites for hydroxylation is 1. The number of piperidine rings is 1. The zero-order valence-corrected chi connectivity index (χ0v) is 16.1. The number of H-pyrrole nitrogens is 1. The summed E-state index contributed by atoms with van der Waals surface area (Å²) in [6.45, 7) is 4.83. The molecular formula is C22H29N3O2. The summed E-state index contributed by atoms with van der Waals surface area (Å²) >= 11 is 0. The average Bonchev–Trinajstić information content (AvgIpc) is 3.16. The standard InChI is InChI=1S/C22H29N3O2/c1-16-23-21(13-22(26)24-16)18-5-4-12-25(15-18)14-17-8-10-20(11-9-17)27-19-6-2-3-7-19/h8-11,13,18-19H,2-7,12,14-15H2,1H3,(H,23,24,26)/t18-/m0/s1. The van der Waals surface area contributed by atoms with Crippen LogP contribution in [0.4, 0.5) is 0 Å². The van der Waals surface area contributed by atoms with E-state index >= 15 is 0 Å². The van der Waals surface area contributed by atoms with Crippen LogP contribution in [0, 0.1) is 6.92 Å². The fourth-order valence-corrected chi connectivity index (χ4v) is 4.38. The number of benzene rings is 1. The zero-order chi connectivity index (χ0) is 18.6. The van der Waals surface area contributed by atoms with E-state index in [0.717, 1.165) is 43.9 Å². The molecule has 27 heavy (non-hydrogen) atoms. The van der Waals surface area contributed by atoms with Gasteiger partial charge in [0.15, 0.2) is 0 Å². The van der Waals surface area contributed by atoms with Crippen molar-refractivity contribution in [2.45, 2.75) is 64.0 Å². The maximum Gasteiger partial charge on any atom is 0.251 e. The molecule has 4 rings (SSSR count). The second-order valence-corrected chi connectivity index (χ2v) is 8.00. The summed E-state index contributed by atoms with van der Waals surface area (Å²) in [4.78, 5) is 21.5. The highest BCUT2D eigenvalue weighted by Gasteiger charge is 2.23. The fraction of sp³-hybridized carbons (Fsp3) is 0.545. The number of hydrogen-bond acceptors (Lipinski definition) is 4. The maximum absolute atomic E-state index is 11.8. The maximum atomic E-state index is 11.8. The molecule has 5 heteroatoms. The summed E-state index contributed by atoms with van der Waals surface area (Å²) in [5.74, 6) is 2.03. The molecule has 0 bridgehead atoms. The number of hydrogen-bond donors (Lipinski definition) is 1. The van der Waals surface area contributed by atoms with Gasteiger partial charge >= 0.3 is 0 Å². The number of nitrogens with zero attached hydrogens (tertiary/aromatic N) is 2. The lowest BCUT2D eigenvalue weighted by Gasteiger charge is -2.32. The van der Waals surface area contributed by atoms with Gasteiger partial charge in [0.25, 0.3) is 5.56 Å². The van der Waals surface area contributed by atoms with Gasteiger partial charge in [0.1, 0.15) is 11.6 Å². The minimum absolute atomic E-state index is 0.0486. The van der Waals surface area contributed by atoms with Gasteiger partial charge in [-0.05, 0) is 69.7 Å². The molecule has 1 aliphatic carbocycles. The molecule has 2 aliphatic rings. The van der Waals surface area contributed by atoms with Gasteiger partial charge < -0.3 is 9.72 Å². The molecule has 2 aromatic rings. The molecule has 144 valence electrons. The van der Waals surface area contributed by atoms with E-state index < -0.39 is 0 Å². The van der Waals surface area contributed by atoms with Gasteiger partial charge in [-0.1, -0.05) is 12.1 Å². The van der Waals surface area contributed by atoms with Crippen LogP contribution in [-0.4, -0.2) is 34.1 Å². The van der Waals surface area contributed by atoms with Crippen LogP contribution in [0.3, 0.4) is 0 Å². The Balaban J connectivity index is 1.36. The minimum Gasteiger partial charge on any atom is -0.490 e. The molecule has 5 nitrogen and oxygen atoms in total. The summed E-state index contributed by atoms with van der Waals surface area (Å²) in [6, 6.07) is 10.2. The lowest BCUT2D eigenvalue weighted by Crippen LogP contribution is -2.34. The Morgan fingerprint density at radius 2 is 1.93 bits per heavy atom. The Morgan fingerprint density at radius 3 is 2.67 bits per heavy atom. The van der Waals surface area contributed by atoms with Crippen molar-refractivity contribution in [3.63, 3.8) is 0 Å². The van der Waals surface area contributed by atoms with Crippen molar-refractivity contribution in [1.82, 2.24) is 14.9 Å². The Labute approximate surface area is 160 Å². The van der Waals surface area contributed by atoms with Crippen LogP contribution in [0.2, 0.25) is 0 Å². The molecule has 0 unspecified atom stereocenters. The van der Waals surface area contributed by atoms with E-state index in [0.29, 0.717) is 17.8 Å². The normalized spacial score (nSPS) is 21.4. The highest BCUT2D eigenvalue weighted by molar-refractivity contribution is 5.27. The van der Waals surface area contributed by atoms with Crippen LogP contribution in [0.25, 0.3) is 0 Å². The SMILES string of the molecule is Cc1nc([C@H]2CCCN(Cc3ccc(OC4CCCC4)cc3)C2)cc(=O)[nH]1. The third-order valence-corrected chi connectivity index (χ3v) is 5.74. The number of aromatic amines is 1. The van der Waals surface area contributed by atoms with Crippen molar-refractivity contribution in [1.29, 1.82) is 0 Å². The van der Waals surface area contributed by atoms with Crippen molar-refractivity contribution in [3.8, 4) is 5.75 Å². The molecule has 1 aromatic carbocycles. The summed E-state index contributed by atoms with van der Waals surface area (Å²) in [7, 11) is 0. The van der Waals surface area contributed by atoms with Gasteiger partial charge in [0, 0.05) is 25.1 Å². The second-order valence-electron chi connectivity index (χ2n) is 8.00. The van der Waals surface area contributed by atoms with Crippen LogP contribution >= 0.6 is 0 Å². The summed E-state index contributed by atoms with van der Waals surface area (Å²) < 4.78 is 6.06. The molecule has 1 N–H and O–H groups in total. The third-order valence-electron chi connectivity index (χ3n) is 5.74. The van der Waals surface area contributed by atoms with Gasteiger partial charge in [-0.15, -0.1) is 0 Å². The highest BCUT2D eigenvalue weighted by atomic mass is 16.5. The summed E-state index contributed by atoms with van der Waals surface area (Å²) in [5, 5.41) is 0. The molecule has 0 radical (unpaired) electrons. The lowest BCUT2D eigenvalue weighted by molar-refractivity contribution is 0.197. The Kier molecular flexibility index (Phi) is 5.58. The van der Waals surface area contributed by atoms with Crippen molar-refractivity contribution < 1.29 is 4.74 Å². The van der Waals surface area contributed by atoms with E-state index in [-0.39, 0.29) is 5.56 Å². The molecule has 1 saturated carbocycles. The van der Waals surface area contributed by atoms with E-state index in [1.165, 1.54) is 31.2 Å². The van der Waals surface area contributed by atoms with Crippen LogP contribution < -0.4 is 10.3 Å². The van der Waals surface area contributed by atoms with Gasteiger partial charge in [0.05, 0.1) is 11.8 Å². The summed E-state index contributed by atoms with van der Waals surface area (Å²) in [6.07, 6.45) is 7.60. The topological polar surface area (TPSA) is 58.2 Å². The van der Waals surface area contributed by atoms with Crippen LogP contribution in [-0.2, 0) is 6.54 Å². The van der Waals surface area contributed by atoms with Crippen molar-refractivity contribution >= 4 is 0 Å². The molecule has 0 amide bonds. The first-order valence-electron chi connectivity index (χ1n) is 10.2. The van der Waals surface area contributed by atoms with E-state index in [9.17, 15) is 4.79 Å². The molecule has 1 aromatic heterocycles. The number of nitrogens with one attached hydrogen (secondary N) is 1. The molecule has 2 heterocycles. The van der Waals surface area contributed by atoms with E-state index in [4.69, 9.17) is 4.74 Å². The second kappa shape index (κ2) is 8.26. The fourth-order valence-electron chi connectivity index (χ4n) is 4.38. The first kappa shape index (κ1) is 18.2. The number of aromatic nitrogens is 2. The first-order valence-corrected chi connectivity index (χ1v) is 10.2. The number of rotatable bonds is 5. The number of ether oxygens (including phenoxy) is 1. The highest BCUT2D eigenvalue weighted by Crippen LogP contribution is 2.27. The van der Waals surface area contributed by atoms with Crippen molar-refractivity contribution in [2.24, 2.45) is 0 Å². The van der Waals surface area contributed by atoms with E-state index in [1.54, 1.807) is 6.07 Å². The van der Waals surface area contributed by atoms with Crippen LogP contribution in [0.15, 0.2) is 35.1 Å². The molecular weight excluding hydrogens is 338 g/mol. The minimum atomic E-state index is -0.0486. The van der Waals surface area contributed by atoms with Crippen molar-refractivity contribution in [2.75, 3.05) is 13.1 Å². The average molecular weight is 367 g/mol. The quantitative estimate of drug-likeness (QED) is 0.874. The number of likely N-dealkylation sites (tertiary alicyclic amines) is 1. The Bertz CT molecular complexity index is 809. The molecule has 0 spiro atoms. The summed E-state index contributed by atoms with van der Waals surface area (Å²) in [5.41, 5.74) is 2.19. The molecule has 1 atom stereocenters. The molecule has 2 fully saturated rings. The Hall–Kier alpha value is -2.14. The third kappa shape index (κ3) is 4.78. The smallest absolute Gasteiger partial charge is 0.251 e. The lowest BCUT2D eigenvalue weighted by atomic mass is 9.94. The van der Waals surface area contributed by atoms with Crippen molar-refractivity contribution in [3.05, 3.63) is 57.8 Å². The Morgan fingerprint density at radius 1 is 1.15 bits per heavy atom. The van der Waals surface area contributed by atoms with E-state index in [1.807, 2.05) is 6.92 Å². The molecule has 1 saturated heterocycles.